The molecule has 0 aromatic carbocycles. The van der Waals surface area contributed by atoms with Crippen LogP contribution >= 0.6 is 0 Å². The molecule has 0 saturated carbocycles. The lowest BCUT2D eigenvalue weighted by atomic mass is 10.1. The molecule has 3 heterocycles. The first-order chi connectivity index (χ1) is 10.2. The van der Waals surface area contributed by atoms with Crippen molar-refractivity contribution >= 4 is 5.91 Å². The van der Waals surface area contributed by atoms with E-state index in [0.29, 0.717) is 30.4 Å². The molecule has 110 valence electrons. The molecule has 1 aliphatic rings. The Morgan fingerprint density at radius 3 is 3.00 bits per heavy atom. The van der Waals surface area contributed by atoms with Gasteiger partial charge in [0.25, 0.3) is 5.91 Å². The summed E-state index contributed by atoms with van der Waals surface area (Å²) in [4.78, 5) is 18.5. The van der Waals surface area contributed by atoms with Crippen LogP contribution in [0.15, 0.2) is 35.0 Å². The molecule has 0 spiro atoms. The average Bonchev–Trinajstić information content (AvgIpc) is 3.14. The maximum Gasteiger partial charge on any atom is 0.292 e. The third-order valence-electron chi connectivity index (χ3n) is 3.90. The number of carbonyl (C=O) groups excluding carboxylic acids is 1. The number of pyridine rings is 1. The van der Waals surface area contributed by atoms with E-state index >= 15 is 0 Å². The second-order valence-corrected chi connectivity index (χ2v) is 5.44. The van der Waals surface area contributed by atoms with Gasteiger partial charge >= 0.3 is 0 Å². The predicted molar refractivity (Wildman–Crippen MR) is 77.4 cm³/mol. The van der Waals surface area contributed by atoms with Crippen LogP contribution in [0.1, 0.15) is 23.9 Å². The summed E-state index contributed by atoms with van der Waals surface area (Å²) < 4.78 is 5.20. The van der Waals surface area contributed by atoms with Crippen LogP contribution in [0.2, 0.25) is 0 Å². The lowest BCUT2D eigenvalue weighted by Gasteiger charge is -2.19. The summed E-state index contributed by atoms with van der Waals surface area (Å²) in [7, 11) is 0. The Morgan fingerprint density at radius 1 is 1.48 bits per heavy atom. The number of likely N-dealkylation sites (tertiary alicyclic amines) is 1. The minimum absolute atomic E-state index is 0.131. The highest BCUT2D eigenvalue weighted by atomic mass is 16.5. The monoisotopic (exact) mass is 286 g/mol. The molecule has 6 nitrogen and oxygen atoms in total. The van der Waals surface area contributed by atoms with E-state index in [1.807, 2.05) is 25.1 Å². The fourth-order valence-electron chi connectivity index (χ4n) is 2.75. The molecule has 1 fully saturated rings. The van der Waals surface area contributed by atoms with Crippen LogP contribution in [0.25, 0.3) is 11.4 Å². The lowest BCUT2D eigenvalue weighted by Crippen LogP contribution is -2.34. The van der Waals surface area contributed by atoms with Gasteiger partial charge in [-0.05, 0) is 37.9 Å². The maximum atomic E-state index is 12.5. The van der Waals surface area contributed by atoms with Gasteiger partial charge in [0.2, 0.25) is 5.76 Å². The Hall–Kier alpha value is -2.21. The number of amides is 1. The number of carbonyl (C=O) groups is 1. The Morgan fingerprint density at radius 2 is 2.33 bits per heavy atom. The second-order valence-electron chi connectivity index (χ2n) is 5.44. The van der Waals surface area contributed by atoms with Crippen LogP contribution in [-0.2, 0) is 0 Å². The van der Waals surface area contributed by atoms with E-state index in [2.05, 4.69) is 10.1 Å². The quantitative estimate of drug-likeness (QED) is 0.925. The van der Waals surface area contributed by atoms with Crippen LogP contribution in [-0.4, -0.2) is 40.1 Å². The van der Waals surface area contributed by atoms with Crippen LogP contribution in [0.4, 0.5) is 0 Å². The van der Waals surface area contributed by atoms with Gasteiger partial charge in [-0.2, -0.15) is 0 Å². The normalized spacial score (nSPS) is 21.7. The van der Waals surface area contributed by atoms with E-state index in [0.717, 1.165) is 6.42 Å². The molecule has 21 heavy (non-hydrogen) atoms. The molecule has 6 heteroatoms. The molecule has 2 unspecified atom stereocenters. The van der Waals surface area contributed by atoms with E-state index in [4.69, 9.17) is 10.3 Å². The Balaban J connectivity index is 1.79. The van der Waals surface area contributed by atoms with E-state index < -0.39 is 0 Å². The van der Waals surface area contributed by atoms with Crippen molar-refractivity contribution in [2.24, 2.45) is 11.7 Å². The van der Waals surface area contributed by atoms with Crippen LogP contribution in [0, 0.1) is 5.92 Å². The smallest absolute Gasteiger partial charge is 0.292 e. The van der Waals surface area contributed by atoms with Gasteiger partial charge in [-0.1, -0.05) is 11.2 Å². The zero-order valence-electron chi connectivity index (χ0n) is 11.9. The SMILES string of the molecule is CC1CC(CN)CN1C(=O)c1cc(-c2ccccn2)no1. The Bertz CT molecular complexity index is 626. The average molecular weight is 286 g/mol. The summed E-state index contributed by atoms with van der Waals surface area (Å²) in [6.45, 7) is 3.31. The highest BCUT2D eigenvalue weighted by Gasteiger charge is 2.33. The van der Waals surface area contributed by atoms with Crippen molar-refractivity contribution in [3.05, 3.63) is 36.2 Å². The molecule has 1 amide bonds. The molecule has 0 radical (unpaired) electrons. The summed E-state index contributed by atoms with van der Waals surface area (Å²) >= 11 is 0. The fraction of sp³-hybridized carbons (Fsp3) is 0.400. The largest absolute Gasteiger partial charge is 0.350 e. The Kier molecular flexibility index (Phi) is 3.70. The molecule has 2 N–H and O–H groups in total. The topological polar surface area (TPSA) is 85.2 Å². The van der Waals surface area contributed by atoms with Crippen molar-refractivity contribution in [1.29, 1.82) is 0 Å². The Labute approximate surface area is 122 Å². The highest BCUT2D eigenvalue weighted by Crippen LogP contribution is 2.25. The fourth-order valence-corrected chi connectivity index (χ4v) is 2.75. The van der Waals surface area contributed by atoms with Crippen LogP contribution < -0.4 is 5.73 Å². The number of hydrogen-bond acceptors (Lipinski definition) is 5. The second kappa shape index (κ2) is 5.65. The minimum Gasteiger partial charge on any atom is -0.350 e. The van der Waals surface area contributed by atoms with Gasteiger partial charge in [0, 0.05) is 24.8 Å². The van der Waals surface area contributed by atoms with E-state index in [9.17, 15) is 4.79 Å². The van der Waals surface area contributed by atoms with Gasteiger partial charge in [0.15, 0.2) is 0 Å². The number of nitrogens with two attached hydrogens (primary N) is 1. The third-order valence-corrected chi connectivity index (χ3v) is 3.90. The number of hydrogen-bond donors (Lipinski definition) is 1. The molecule has 2 aromatic rings. The predicted octanol–water partition coefficient (Wildman–Crippen LogP) is 1.55. The number of nitrogens with zero attached hydrogens (tertiary/aromatic N) is 3. The molecule has 0 aliphatic carbocycles. The van der Waals surface area contributed by atoms with Gasteiger partial charge in [-0.25, -0.2) is 0 Å². The van der Waals surface area contributed by atoms with Crippen molar-refractivity contribution in [3.63, 3.8) is 0 Å². The molecular weight excluding hydrogens is 268 g/mol. The summed E-state index contributed by atoms with van der Waals surface area (Å²) in [6, 6.07) is 7.35. The summed E-state index contributed by atoms with van der Waals surface area (Å²) in [5.41, 5.74) is 6.96. The third kappa shape index (κ3) is 2.67. The molecule has 3 rings (SSSR count). The molecule has 0 bridgehead atoms. The van der Waals surface area contributed by atoms with Gasteiger partial charge in [0.05, 0.1) is 5.69 Å². The van der Waals surface area contributed by atoms with Gasteiger partial charge < -0.3 is 15.2 Å². The van der Waals surface area contributed by atoms with E-state index in [-0.39, 0.29) is 17.7 Å². The van der Waals surface area contributed by atoms with Crippen LogP contribution in [0.3, 0.4) is 0 Å². The van der Waals surface area contributed by atoms with Gasteiger partial charge in [-0.3, -0.25) is 9.78 Å². The molecule has 1 saturated heterocycles. The molecule has 2 atom stereocenters. The molecule has 2 aromatic heterocycles. The van der Waals surface area contributed by atoms with Gasteiger partial charge in [-0.15, -0.1) is 0 Å². The summed E-state index contributed by atoms with van der Waals surface area (Å²) in [5.74, 6) is 0.482. The summed E-state index contributed by atoms with van der Waals surface area (Å²) in [5, 5.41) is 3.93. The van der Waals surface area contributed by atoms with Crippen LogP contribution in [0.5, 0.6) is 0 Å². The van der Waals surface area contributed by atoms with Crippen molar-refractivity contribution in [2.75, 3.05) is 13.1 Å². The first-order valence-corrected chi connectivity index (χ1v) is 7.08. The summed E-state index contributed by atoms with van der Waals surface area (Å²) in [6.07, 6.45) is 2.61. The highest BCUT2D eigenvalue weighted by molar-refractivity contribution is 5.92. The van der Waals surface area contributed by atoms with Crippen molar-refractivity contribution in [1.82, 2.24) is 15.0 Å². The zero-order chi connectivity index (χ0) is 14.8. The lowest BCUT2D eigenvalue weighted by molar-refractivity contribution is 0.0701. The number of aromatic nitrogens is 2. The van der Waals surface area contributed by atoms with Crippen molar-refractivity contribution < 1.29 is 9.32 Å². The van der Waals surface area contributed by atoms with Crippen molar-refractivity contribution in [2.45, 2.75) is 19.4 Å². The molecular formula is C15H18N4O2. The first-order valence-electron chi connectivity index (χ1n) is 7.08. The molecule has 1 aliphatic heterocycles. The first kappa shape index (κ1) is 13.8. The van der Waals surface area contributed by atoms with E-state index in [1.165, 1.54) is 0 Å². The van der Waals surface area contributed by atoms with Crippen molar-refractivity contribution in [3.8, 4) is 11.4 Å². The van der Waals surface area contributed by atoms with E-state index in [1.54, 1.807) is 17.2 Å². The zero-order valence-corrected chi connectivity index (χ0v) is 11.9. The van der Waals surface area contributed by atoms with Gasteiger partial charge in [0.1, 0.15) is 5.69 Å². The number of rotatable bonds is 3. The standard InChI is InChI=1S/C15H18N4O2/c1-10-6-11(8-16)9-19(10)15(20)14-7-13(18-21-14)12-4-2-3-5-17-12/h2-5,7,10-11H,6,8-9,16H2,1H3. The maximum absolute atomic E-state index is 12.5. The minimum atomic E-state index is -0.131.